The van der Waals surface area contributed by atoms with E-state index in [1.807, 2.05) is 0 Å². The smallest absolute Gasteiger partial charge is 0.310 e. The van der Waals surface area contributed by atoms with Gasteiger partial charge in [0, 0.05) is 28.7 Å². The number of hydrogen-bond donors (Lipinski definition) is 0. The molecule has 114 valence electrons. The van der Waals surface area contributed by atoms with Crippen LogP contribution in [0.25, 0.3) is 0 Å². The fraction of sp³-hybridized carbons (Fsp3) is 0.429. The van der Waals surface area contributed by atoms with Crippen LogP contribution in [-0.4, -0.2) is 49.7 Å². The van der Waals surface area contributed by atoms with E-state index in [0.29, 0.717) is 41.9 Å². The lowest BCUT2D eigenvalue weighted by molar-refractivity contribution is -0.153. The van der Waals surface area contributed by atoms with Crippen molar-refractivity contribution in [2.24, 2.45) is 0 Å². The van der Waals surface area contributed by atoms with Crippen LogP contribution in [0.15, 0.2) is 18.2 Å². The fourth-order valence-corrected chi connectivity index (χ4v) is 2.47. The Morgan fingerprint density at radius 3 is 2.43 bits per heavy atom. The molecule has 0 unspecified atom stereocenters. The van der Waals surface area contributed by atoms with E-state index in [4.69, 9.17) is 32.7 Å². The number of carbonyl (C=O) groups excluding carboxylic acids is 2. The summed E-state index contributed by atoms with van der Waals surface area (Å²) in [6, 6.07) is 4.99. The quantitative estimate of drug-likeness (QED) is 0.791. The number of amides is 1. The van der Waals surface area contributed by atoms with E-state index in [1.165, 1.54) is 0 Å². The second-order valence-corrected chi connectivity index (χ2v) is 5.35. The van der Waals surface area contributed by atoms with Crippen LogP contribution in [-0.2, 0) is 25.5 Å². The van der Waals surface area contributed by atoms with Gasteiger partial charge in [0.25, 0.3) is 5.91 Å². The maximum atomic E-state index is 11.8. The first-order chi connectivity index (χ1) is 10.1. The number of esters is 1. The summed E-state index contributed by atoms with van der Waals surface area (Å²) in [4.78, 5) is 25.2. The Morgan fingerprint density at radius 1 is 1.19 bits per heavy atom. The summed E-state index contributed by atoms with van der Waals surface area (Å²) in [6.07, 6.45) is -0.0606. The third-order valence-electron chi connectivity index (χ3n) is 3.10. The summed E-state index contributed by atoms with van der Waals surface area (Å²) < 4.78 is 10.1. The number of hydrogen-bond acceptors (Lipinski definition) is 4. The van der Waals surface area contributed by atoms with Gasteiger partial charge >= 0.3 is 5.97 Å². The Hall–Kier alpha value is -1.30. The zero-order valence-electron chi connectivity index (χ0n) is 11.3. The van der Waals surface area contributed by atoms with Gasteiger partial charge in [-0.05, 0) is 12.1 Å². The molecule has 1 saturated heterocycles. The van der Waals surface area contributed by atoms with Crippen molar-refractivity contribution >= 4 is 35.1 Å². The van der Waals surface area contributed by atoms with Gasteiger partial charge in [0.1, 0.15) is 0 Å². The number of rotatable bonds is 4. The predicted molar refractivity (Wildman–Crippen MR) is 78.5 cm³/mol. The molecule has 21 heavy (non-hydrogen) atoms. The summed E-state index contributed by atoms with van der Waals surface area (Å²) >= 11 is 12.0. The van der Waals surface area contributed by atoms with Gasteiger partial charge in [-0.3, -0.25) is 9.59 Å². The van der Waals surface area contributed by atoms with E-state index in [2.05, 4.69) is 0 Å². The predicted octanol–water partition coefficient (Wildman–Crippen LogP) is 1.94. The van der Waals surface area contributed by atoms with Crippen LogP contribution in [0, 0.1) is 0 Å². The maximum absolute atomic E-state index is 11.8. The molecule has 1 aliphatic heterocycles. The van der Waals surface area contributed by atoms with E-state index in [1.54, 1.807) is 23.1 Å². The highest BCUT2D eigenvalue weighted by Crippen LogP contribution is 2.24. The molecule has 1 heterocycles. The van der Waals surface area contributed by atoms with Gasteiger partial charge in [-0.15, -0.1) is 0 Å². The molecule has 1 amide bonds. The van der Waals surface area contributed by atoms with Crippen LogP contribution in [0.1, 0.15) is 5.56 Å². The molecule has 7 heteroatoms. The van der Waals surface area contributed by atoms with E-state index >= 15 is 0 Å². The molecule has 0 atom stereocenters. The zero-order chi connectivity index (χ0) is 15.2. The largest absolute Gasteiger partial charge is 0.455 e. The minimum Gasteiger partial charge on any atom is -0.455 e. The monoisotopic (exact) mass is 331 g/mol. The van der Waals surface area contributed by atoms with Gasteiger partial charge in [-0.1, -0.05) is 29.3 Å². The Bertz CT molecular complexity index is 509. The van der Waals surface area contributed by atoms with Crippen LogP contribution in [0.3, 0.4) is 0 Å². The van der Waals surface area contributed by atoms with Crippen molar-refractivity contribution in [3.8, 4) is 0 Å². The van der Waals surface area contributed by atoms with E-state index in [0.717, 1.165) is 0 Å². The minimum atomic E-state index is -0.536. The lowest BCUT2D eigenvalue weighted by atomic mass is 10.1. The zero-order valence-corrected chi connectivity index (χ0v) is 12.8. The molecule has 0 spiro atoms. The first kappa shape index (κ1) is 16.1. The molecule has 0 aromatic heterocycles. The molecule has 0 radical (unpaired) electrons. The SMILES string of the molecule is O=C(Cc1c(Cl)cccc1Cl)OCC(=O)N1CCOCC1. The number of carbonyl (C=O) groups is 2. The van der Waals surface area contributed by atoms with Crippen molar-refractivity contribution in [2.45, 2.75) is 6.42 Å². The molecule has 0 N–H and O–H groups in total. The normalized spacial score (nSPS) is 14.9. The lowest BCUT2D eigenvalue weighted by Crippen LogP contribution is -2.42. The van der Waals surface area contributed by atoms with Gasteiger partial charge in [-0.25, -0.2) is 0 Å². The van der Waals surface area contributed by atoms with Crippen molar-refractivity contribution in [1.29, 1.82) is 0 Å². The van der Waals surface area contributed by atoms with Crippen LogP contribution in [0.4, 0.5) is 0 Å². The average molecular weight is 332 g/mol. The third kappa shape index (κ3) is 4.59. The van der Waals surface area contributed by atoms with E-state index < -0.39 is 5.97 Å². The summed E-state index contributed by atoms with van der Waals surface area (Å²) in [6.45, 7) is 1.78. The molecule has 0 bridgehead atoms. The number of halogens is 2. The Labute approximate surface area is 132 Å². The van der Waals surface area contributed by atoms with Crippen LogP contribution in [0.2, 0.25) is 10.0 Å². The second-order valence-electron chi connectivity index (χ2n) is 4.53. The van der Waals surface area contributed by atoms with Crippen molar-refractivity contribution in [1.82, 2.24) is 4.90 Å². The summed E-state index contributed by atoms with van der Waals surface area (Å²) in [5.41, 5.74) is 0.504. The Morgan fingerprint density at radius 2 is 1.81 bits per heavy atom. The molecule has 2 rings (SSSR count). The third-order valence-corrected chi connectivity index (χ3v) is 3.81. The molecule has 1 aliphatic rings. The van der Waals surface area contributed by atoms with Gasteiger partial charge in [0.15, 0.2) is 6.61 Å². The topological polar surface area (TPSA) is 55.8 Å². The highest BCUT2D eigenvalue weighted by atomic mass is 35.5. The molecule has 0 saturated carbocycles. The highest BCUT2D eigenvalue weighted by molar-refractivity contribution is 6.36. The highest BCUT2D eigenvalue weighted by Gasteiger charge is 2.19. The molecular weight excluding hydrogens is 317 g/mol. The Balaban J connectivity index is 1.83. The average Bonchev–Trinajstić information content (AvgIpc) is 2.49. The summed E-state index contributed by atoms with van der Waals surface area (Å²) in [5, 5.41) is 0.804. The fourth-order valence-electron chi connectivity index (χ4n) is 1.94. The number of morpholine rings is 1. The molecule has 1 aromatic rings. The molecular formula is C14H15Cl2NO4. The van der Waals surface area contributed by atoms with Gasteiger partial charge in [0.05, 0.1) is 19.6 Å². The number of ether oxygens (including phenoxy) is 2. The maximum Gasteiger partial charge on any atom is 0.310 e. The molecule has 0 aliphatic carbocycles. The van der Waals surface area contributed by atoms with Gasteiger partial charge in [-0.2, -0.15) is 0 Å². The van der Waals surface area contributed by atoms with Crippen LogP contribution >= 0.6 is 23.2 Å². The van der Waals surface area contributed by atoms with Crippen LogP contribution in [0.5, 0.6) is 0 Å². The van der Waals surface area contributed by atoms with Crippen molar-refractivity contribution < 1.29 is 19.1 Å². The molecule has 5 nitrogen and oxygen atoms in total. The summed E-state index contributed by atoms with van der Waals surface area (Å²) in [7, 11) is 0. The number of nitrogens with zero attached hydrogens (tertiary/aromatic N) is 1. The first-order valence-electron chi connectivity index (χ1n) is 6.52. The van der Waals surface area contributed by atoms with Crippen molar-refractivity contribution in [3.05, 3.63) is 33.8 Å². The standard InChI is InChI=1S/C14H15Cl2NO4/c15-11-2-1-3-12(16)10(11)8-14(19)21-9-13(18)17-4-6-20-7-5-17/h1-3H,4-9H2. The van der Waals surface area contributed by atoms with Crippen molar-refractivity contribution in [3.63, 3.8) is 0 Å². The lowest BCUT2D eigenvalue weighted by Gasteiger charge is -2.26. The van der Waals surface area contributed by atoms with Crippen LogP contribution < -0.4 is 0 Å². The van der Waals surface area contributed by atoms with Crippen molar-refractivity contribution in [2.75, 3.05) is 32.9 Å². The first-order valence-corrected chi connectivity index (χ1v) is 7.27. The molecule has 1 fully saturated rings. The molecule has 1 aromatic carbocycles. The van der Waals surface area contributed by atoms with Gasteiger partial charge in [0.2, 0.25) is 0 Å². The van der Waals surface area contributed by atoms with E-state index in [9.17, 15) is 9.59 Å². The van der Waals surface area contributed by atoms with Gasteiger partial charge < -0.3 is 14.4 Å². The van der Waals surface area contributed by atoms with E-state index in [-0.39, 0.29) is 18.9 Å². The second kappa shape index (κ2) is 7.64. The summed E-state index contributed by atoms with van der Waals surface area (Å²) in [5.74, 6) is -0.761. The number of benzene rings is 1. The Kier molecular flexibility index (Phi) is 5.85. The minimum absolute atomic E-state index is 0.0606.